The van der Waals surface area contributed by atoms with Crippen molar-refractivity contribution in [1.82, 2.24) is 15.4 Å². The number of hydrogen-bond donors (Lipinski definition) is 2. The minimum atomic E-state index is -0.547. The zero-order chi connectivity index (χ0) is 24.7. The predicted molar refractivity (Wildman–Crippen MR) is 142 cm³/mol. The minimum Gasteiger partial charge on any atom is -0.497 e. The number of aromatic nitrogens is 1. The van der Waals surface area contributed by atoms with Gasteiger partial charge < -0.3 is 9.64 Å². The molecule has 1 aliphatic heterocycles. The maximum atomic E-state index is 12.8. The molecule has 0 radical (unpaired) electrons. The number of nitrogens with one attached hydrogen (secondary N) is 1. The maximum Gasteiger partial charge on any atom is 0.249 e. The molecule has 0 saturated carbocycles. The summed E-state index contributed by atoms with van der Waals surface area (Å²) in [4.78, 5) is 19.6. The monoisotopic (exact) mass is 515 g/mol. The third-order valence-electron chi connectivity index (χ3n) is 7.38. The quantitative estimate of drug-likeness (QED) is 0.189. The summed E-state index contributed by atoms with van der Waals surface area (Å²) >= 11 is 8.28. The lowest BCUT2D eigenvalue weighted by Gasteiger charge is -2.40. The summed E-state index contributed by atoms with van der Waals surface area (Å²) in [5.41, 5.74) is 4.73. The highest BCUT2D eigenvalue weighted by molar-refractivity contribution is 7.07. The van der Waals surface area contributed by atoms with Crippen LogP contribution in [0.4, 0.5) is 0 Å². The number of nitrogens with zero attached hydrogens (tertiary/aromatic N) is 2. The van der Waals surface area contributed by atoms with E-state index in [0.29, 0.717) is 11.4 Å². The Morgan fingerprint density at radius 2 is 2.06 bits per heavy atom. The summed E-state index contributed by atoms with van der Waals surface area (Å²) in [5, 5.41) is 15.5. The van der Waals surface area contributed by atoms with Gasteiger partial charge in [0.05, 0.1) is 23.1 Å². The Labute approximate surface area is 216 Å². The number of carbonyl (C=O) groups is 1. The fourth-order valence-electron chi connectivity index (χ4n) is 5.20. The zero-order valence-electron chi connectivity index (χ0n) is 20.3. The number of aryl methyl sites for hydroxylation is 2. The number of amides is 1. The van der Waals surface area contributed by atoms with E-state index in [4.69, 9.17) is 16.3 Å². The van der Waals surface area contributed by atoms with Crippen LogP contribution in [0.15, 0.2) is 41.2 Å². The number of halogens is 1. The van der Waals surface area contributed by atoms with Crippen LogP contribution in [0.25, 0.3) is 10.9 Å². The summed E-state index contributed by atoms with van der Waals surface area (Å²) in [6.07, 6.45) is 8.90. The molecule has 3 heterocycles. The molecule has 8 heteroatoms. The summed E-state index contributed by atoms with van der Waals surface area (Å²) in [6, 6.07) is 8.00. The smallest absolute Gasteiger partial charge is 0.249 e. The highest BCUT2D eigenvalue weighted by atomic mass is 35.5. The lowest BCUT2D eigenvalue weighted by Crippen LogP contribution is -2.48. The highest BCUT2D eigenvalue weighted by Gasteiger charge is 2.40. The van der Waals surface area contributed by atoms with Crippen LogP contribution in [-0.2, 0) is 17.6 Å². The van der Waals surface area contributed by atoms with Gasteiger partial charge in [-0.05, 0) is 117 Å². The number of carbonyl (C=O) groups excluding carboxylic acids is 1. The third kappa shape index (κ3) is 6.33. The van der Waals surface area contributed by atoms with Crippen molar-refractivity contribution in [1.29, 1.82) is 0 Å². The van der Waals surface area contributed by atoms with Crippen LogP contribution in [0.3, 0.4) is 0 Å². The average molecular weight is 516 g/mol. The number of ether oxygens (including phenoxy) is 1. The van der Waals surface area contributed by atoms with Gasteiger partial charge in [0.15, 0.2) is 0 Å². The number of thiophene rings is 1. The average Bonchev–Trinajstić information content (AvgIpc) is 3.41. The van der Waals surface area contributed by atoms with Crippen LogP contribution in [0.2, 0.25) is 5.02 Å². The summed E-state index contributed by atoms with van der Waals surface area (Å²) in [5.74, 6) is 0.503. The molecule has 188 valence electrons. The van der Waals surface area contributed by atoms with E-state index in [9.17, 15) is 10.0 Å². The normalized spacial score (nSPS) is 15.9. The topological polar surface area (TPSA) is 74.7 Å². The molecule has 1 fully saturated rings. The van der Waals surface area contributed by atoms with Crippen LogP contribution >= 0.6 is 22.9 Å². The molecule has 3 aromatic rings. The molecule has 6 nitrogen and oxygen atoms in total. The van der Waals surface area contributed by atoms with E-state index in [1.165, 1.54) is 12.0 Å². The summed E-state index contributed by atoms with van der Waals surface area (Å²) in [7, 11) is 1.64. The number of pyridine rings is 1. The number of likely N-dealkylation sites (tertiary alicyclic amines) is 1. The molecular weight excluding hydrogens is 482 g/mol. The van der Waals surface area contributed by atoms with E-state index in [0.717, 1.165) is 80.4 Å². The standard InChI is InChI=1S/C27H34ClN3O3S/c1-34-21-7-8-25-23(17-21)22(24(28)18-29-25)6-4-10-27(26(32)30-33)11-14-31(15-12-27)13-3-2-5-20-9-16-35-19-20/h7-9,16-19,33H,2-6,10-15H2,1H3,(H,30,32). The number of fused-ring (bicyclic) bond motifs is 1. The van der Waals surface area contributed by atoms with Gasteiger partial charge >= 0.3 is 0 Å². The van der Waals surface area contributed by atoms with Gasteiger partial charge in [0.1, 0.15) is 5.75 Å². The number of hydrogen-bond acceptors (Lipinski definition) is 6. The number of piperidine rings is 1. The second-order valence-electron chi connectivity index (χ2n) is 9.47. The first-order chi connectivity index (χ1) is 17.0. The number of unbranched alkanes of at least 4 members (excludes halogenated alkanes) is 1. The Morgan fingerprint density at radius 3 is 2.77 bits per heavy atom. The minimum absolute atomic E-state index is 0.262. The van der Waals surface area contributed by atoms with Crippen molar-refractivity contribution in [3.05, 3.63) is 57.4 Å². The van der Waals surface area contributed by atoms with Gasteiger partial charge in [-0.1, -0.05) is 11.6 Å². The molecule has 2 aromatic heterocycles. The number of rotatable bonds is 11. The molecule has 0 bridgehead atoms. The Balaban J connectivity index is 1.33. The van der Waals surface area contributed by atoms with Crippen molar-refractivity contribution in [2.75, 3.05) is 26.7 Å². The van der Waals surface area contributed by atoms with Crippen molar-refractivity contribution in [2.24, 2.45) is 5.41 Å². The van der Waals surface area contributed by atoms with Gasteiger partial charge in [-0.2, -0.15) is 11.3 Å². The fraction of sp³-hybridized carbons (Fsp3) is 0.481. The van der Waals surface area contributed by atoms with E-state index >= 15 is 0 Å². The van der Waals surface area contributed by atoms with Gasteiger partial charge in [0.25, 0.3) is 0 Å². The lowest BCUT2D eigenvalue weighted by atomic mass is 9.73. The third-order valence-corrected chi connectivity index (χ3v) is 8.44. The lowest BCUT2D eigenvalue weighted by molar-refractivity contribution is -0.143. The number of benzene rings is 1. The first-order valence-electron chi connectivity index (χ1n) is 12.3. The molecule has 1 amide bonds. The Hall–Kier alpha value is -2.19. The molecule has 0 atom stereocenters. The van der Waals surface area contributed by atoms with E-state index in [-0.39, 0.29) is 5.91 Å². The molecule has 0 unspecified atom stereocenters. The first kappa shape index (κ1) is 25.9. The molecule has 4 rings (SSSR count). The molecule has 0 aliphatic carbocycles. The van der Waals surface area contributed by atoms with Gasteiger partial charge in [-0.25, -0.2) is 5.48 Å². The highest BCUT2D eigenvalue weighted by Crippen LogP contribution is 2.38. The number of hydroxylamine groups is 1. The van der Waals surface area contributed by atoms with Crippen molar-refractivity contribution in [3.63, 3.8) is 0 Å². The Kier molecular flexibility index (Phi) is 9.00. The van der Waals surface area contributed by atoms with Crippen molar-refractivity contribution in [3.8, 4) is 5.75 Å². The van der Waals surface area contributed by atoms with E-state index in [2.05, 4.69) is 26.7 Å². The number of methoxy groups -OCH3 is 1. The molecule has 35 heavy (non-hydrogen) atoms. The second-order valence-corrected chi connectivity index (χ2v) is 10.7. The largest absolute Gasteiger partial charge is 0.497 e. The van der Waals surface area contributed by atoms with Gasteiger partial charge in [0.2, 0.25) is 5.91 Å². The van der Waals surface area contributed by atoms with Crippen molar-refractivity contribution >= 4 is 39.7 Å². The molecule has 2 N–H and O–H groups in total. The van der Waals surface area contributed by atoms with Crippen LogP contribution in [-0.4, -0.2) is 47.7 Å². The molecule has 0 spiro atoms. The molecule has 1 aromatic carbocycles. The van der Waals surface area contributed by atoms with E-state index < -0.39 is 5.41 Å². The van der Waals surface area contributed by atoms with E-state index in [1.807, 2.05) is 23.7 Å². The van der Waals surface area contributed by atoms with E-state index in [1.54, 1.807) is 24.6 Å². The van der Waals surface area contributed by atoms with Crippen molar-refractivity contribution < 1.29 is 14.7 Å². The molecule has 1 saturated heterocycles. The van der Waals surface area contributed by atoms with Gasteiger partial charge in [-0.15, -0.1) is 0 Å². The zero-order valence-corrected chi connectivity index (χ0v) is 21.8. The van der Waals surface area contributed by atoms with Crippen LogP contribution < -0.4 is 10.2 Å². The summed E-state index contributed by atoms with van der Waals surface area (Å²) < 4.78 is 5.39. The fourth-order valence-corrected chi connectivity index (χ4v) is 6.15. The molecule has 1 aliphatic rings. The molecular formula is C27H34ClN3O3S. The SMILES string of the molecule is COc1ccc2ncc(Cl)c(CCCC3(C(=O)NO)CCN(CCCCc4ccsc4)CC3)c2c1. The Morgan fingerprint density at radius 1 is 1.23 bits per heavy atom. The second kappa shape index (κ2) is 12.2. The van der Waals surface area contributed by atoms with Crippen molar-refractivity contribution in [2.45, 2.75) is 51.4 Å². The maximum absolute atomic E-state index is 12.8. The summed E-state index contributed by atoms with van der Waals surface area (Å²) in [6.45, 7) is 2.81. The van der Waals surface area contributed by atoms with Crippen LogP contribution in [0.1, 0.15) is 49.7 Å². The van der Waals surface area contributed by atoms with Gasteiger partial charge in [-0.3, -0.25) is 15.0 Å². The van der Waals surface area contributed by atoms with Gasteiger partial charge in [0, 0.05) is 11.6 Å². The Bertz CT molecular complexity index is 1110. The predicted octanol–water partition coefficient (Wildman–Crippen LogP) is 5.89. The van der Waals surface area contributed by atoms with Crippen LogP contribution in [0, 0.1) is 5.41 Å². The van der Waals surface area contributed by atoms with Crippen LogP contribution in [0.5, 0.6) is 5.75 Å². The first-order valence-corrected chi connectivity index (χ1v) is 13.7.